The van der Waals surface area contributed by atoms with Crippen LogP contribution in [0.1, 0.15) is 40.2 Å². The zero-order valence-corrected chi connectivity index (χ0v) is 14.4. The molecule has 0 spiro atoms. The van der Waals surface area contributed by atoms with Crippen LogP contribution in [0.5, 0.6) is 0 Å². The van der Waals surface area contributed by atoms with Crippen LogP contribution in [0.2, 0.25) is 0 Å². The molecule has 0 saturated heterocycles. The second-order valence-electron chi connectivity index (χ2n) is 5.34. The first-order valence-corrected chi connectivity index (χ1v) is 8.74. The lowest BCUT2D eigenvalue weighted by Crippen LogP contribution is -2.25. The average Bonchev–Trinajstić information content (AvgIpc) is 2.88. The number of amides is 1. The number of carbonyl (C=O) groups excluding carboxylic acids is 1. The van der Waals surface area contributed by atoms with Gasteiger partial charge in [0, 0.05) is 22.8 Å². The molecule has 0 fully saturated rings. The summed E-state index contributed by atoms with van der Waals surface area (Å²) in [6, 6.07) is 7.65. The monoisotopic (exact) mass is 333 g/mol. The Bertz CT molecular complexity index is 636. The number of aromatic nitrogens is 1. The van der Waals surface area contributed by atoms with Crippen LogP contribution in [-0.2, 0) is 5.75 Å². The molecule has 1 aromatic heterocycles. The molecule has 0 radical (unpaired) electrons. The van der Waals surface area contributed by atoms with Gasteiger partial charge in [-0.15, -0.1) is 11.8 Å². The number of benzene rings is 1. The Kier molecular flexibility index (Phi) is 6.67. The molecule has 0 aliphatic carbocycles. The van der Waals surface area contributed by atoms with E-state index in [4.69, 9.17) is 10.3 Å². The number of hydrogen-bond donors (Lipinski definition) is 2. The van der Waals surface area contributed by atoms with Crippen LogP contribution in [0, 0.1) is 13.8 Å². The van der Waals surface area contributed by atoms with E-state index in [0.717, 1.165) is 40.5 Å². The molecule has 5 nitrogen and oxygen atoms in total. The number of nitrogens with one attached hydrogen (secondary N) is 1. The predicted octanol–water partition coefficient (Wildman–Crippen LogP) is 3.05. The van der Waals surface area contributed by atoms with E-state index in [-0.39, 0.29) is 5.91 Å². The Balaban J connectivity index is 2.01. The van der Waals surface area contributed by atoms with Gasteiger partial charge >= 0.3 is 0 Å². The van der Waals surface area contributed by atoms with Gasteiger partial charge in [0.2, 0.25) is 0 Å². The molecular formula is C17H23N3O2S. The molecule has 23 heavy (non-hydrogen) atoms. The summed E-state index contributed by atoms with van der Waals surface area (Å²) in [5, 5.41) is 6.92. The van der Waals surface area contributed by atoms with Gasteiger partial charge in [0.05, 0.1) is 11.3 Å². The molecule has 1 aromatic carbocycles. The van der Waals surface area contributed by atoms with Gasteiger partial charge in [-0.1, -0.05) is 17.3 Å². The largest absolute Gasteiger partial charge is 0.361 e. The highest BCUT2D eigenvalue weighted by Gasteiger charge is 2.14. The van der Waals surface area contributed by atoms with Gasteiger partial charge in [0.25, 0.3) is 5.91 Å². The van der Waals surface area contributed by atoms with Crippen molar-refractivity contribution in [1.82, 2.24) is 10.5 Å². The van der Waals surface area contributed by atoms with Crippen molar-refractivity contribution in [3.8, 4) is 0 Å². The molecule has 3 N–H and O–H groups in total. The maximum Gasteiger partial charge on any atom is 0.252 e. The van der Waals surface area contributed by atoms with E-state index in [1.165, 1.54) is 0 Å². The third-order valence-electron chi connectivity index (χ3n) is 3.60. The van der Waals surface area contributed by atoms with Gasteiger partial charge in [-0.25, -0.2) is 0 Å². The first-order valence-electron chi connectivity index (χ1n) is 7.75. The second-order valence-corrected chi connectivity index (χ2v) is 6.36. The molecular weight excluding hydrogens is 310 g/mol. The van der Waals surface area contributed by atoms with Crippen LogP contribution in [-0.4, -0.2) is 24.2 Å². The van der Waals surface area contributed by atoms with Gasteiger partial charge in [0.15, 0.2) is 0 Å². The summed E-state index contributed by atoms with van der Waals surface area (Å²) in [5.41, 5.74) is 8.16. The van der Waals surface area contributed by atoms with Crippen molar-refractivity contribution in [3.05, 3.63) is 46.8 Å². The molecule has 1 heterocycles. The number of aryl methyl sites for hydroxylation is 2. The van der Waals surface area contributed by atoms with Crippen molar-refractivity contribution in [2.75, 3.05) is 13.1 Å². The zero-order valence-electron chi connectivity index (χ0n) is 13.6. The fourth-order valence-corrected chi connectivity index (χ4v) is 3.41. The third kappa shape index (κ3) is 4.84. The van der Waals surface area contributed by atoms with Crippen LogP contribution < -0.4 is 11.1 Å². The van der Waals surface area contributed by atoms with Gasteiger partial charge in [-0.05, 0) is 45.4 Å². The Hall–Kier alpha value is -1.79. The van der Waals surface area contributed by atoms with Crippen molar-refractivity contribution in [3.63, 3.8) is 0 Å². The lowest BCUT2D eigenvalue weighted by Gasteiger charge is -2.10. The molecule has 1 amide bonds. The van der Waals surface area contributed by atoms with E-state index in [1.54, 1.807) is 11.8 Å². The molecule has 2 rings (SSSR count). The van der Waals surface area contributed by atoms with Gasteiger partial charge in [0.1, 0.15) is 5.76 Å². The normalized spacial score (nSPS) is 10.7. The fraction of sp³-hybridized carbons (Fsp3) is 0.412. The summed E-state index contributed by atoms with van der Waals surface area (Å²) in [6.45, 7) is 5.15. The minimum Gasteiger partial charge on any atom is -0.361 e. The van der Waals surface area contributed by atoms with Crippen molar-refractivity contribution in [2.24, 2.45) is 5.73 Å². The molecule has 6 heteroatoms. The smallest absolute Gasteiger partial charge is 0.252 e. The number of nitrogens with two attached hydrogens (primary N) is 1. The Morgan fingerprint density at radius 1 is 1.30 bits per heavy atom. The van der Waals surface area contributed by atoms with E-state index < -0.39 is 0 Å². The topological polar surface area (TPSA) is 81.2 Å². The van der Waals surface area contributed by atoms with Crippen molar-refractivity contribution in [1.29, 1.82) is 0 Å². The van der Waals surface area contributed by atoms with Crippen LogP contribution in [0.25, 0.3) is 0 Å². The summed E-state index contributed by atoms with van der Waals surface area (Å²) < 4.78 is 5.18. The van der Waals surface area contributed by atoms with E-state index in [1.807, 2.05) is 38.1 Å². The third-order valence-corrected chi connectivity index (χ3v) is 4.70. The van der Waals surface area contributed by atoms with Crippen LogP contribution >= 0.6 is 11.8 Å². The lowest BCUT2D eigenvalue weighted by molar-refractivity contribution is 0.0950. The highest BCUT2D eigenvalue weighted by Crippen LogP contribution is 2.28. The van der Waals surface area contributed by atoms with Crippen molar-refractivity contribution >= 4 is 17.7 Å². The molecule has 0 aliphatic heterocycles. The first-order chi connectivity index (χ1) is 11.1. The van der Waals surface area contributed by atoms with E-state index >= 15 is 0 Å². The predicted molar refractivity (Wildman–Crippen MR) is 92.6 cm³/mol. The van der Waals surface area contributed by atoms with Gasteiger partial charge < -0.3 is 15.6 Å². The van der Waals surface area contributed by atoms with Gasteiger partial charge in [-0.3, -0.25) is 4.79 Å². The van der Waals surface area contributed by atoms with Crippen molar-refractivity contribution < 1.29 is 9.32 Å². The number of thioether (sulfide) groups is 1. The fourth-order valence-electron chi connectivity index (χ4n) is 2.20. The summed E-state index contributed by atoms with van der Waals surface area (Å²) in [4.78, 5) is 13.3. The molecule has 124 valence electrons. The number of unbranched alkanes of at least 4 members (excludes halogenated alkanes) is 1. The number of rotatable bonds is 8. The average molecular weight is 333 g/mol. The molecule has 0 aliphatic rings. The number of carbonyl (C=O) groups is 1. The summed E-state index contributed by atoms with van der Waals surface area (Å²) in [6.07, 6.45) is 1.82. The molecule has 0 saturated carbocycles. The summed E-state index contributed by atoms with van der Waals surface area (Å²) >= 11 is 1.62. The Morgan fingerprint density at radius 2 is 2.09 bits per heavy atom. The molecule has 0 bridgehead atoms. The van der Waals surface area contributed by atoms with E-state index in [2.05, 4.69) is 10.5 Å². The molecule has 0 unspecified atom stereocenters. The lowest BCUT2D eigenvalue weighted by atomic mass is 10.2. The quantitative estimate of drug-likeness (QED) is 0.573. The SMILES string of the molecule is Cc1noc(C)c1CSc1ccccc1C(=O)NCCCCN. The first kappa shape index (κ1) is 17.6. The van der Waals surface area contributed by atoms with Gasteiger partial charge in [-0.2, -0.15) is 0 Å². The maximum atomic E-state index is 12.3. The Labute approximate surface area is 141 Å². The Morgan fingerprint density at radius 3 is 2.78 bits per heavy atom. The van der Waals surface area contributed by atoms with Crippen LogP contribution in [0.15, 0.2) is 33.7 Å². The minimum atomic E-state index is -0.0381. The van der Waals surface area contributed by atoms with E-state index in [9.17, 15) is 4.79 Å². The number of nitrogens with zero attached hydrogens (tertiary/aromatic N) is 1. The molecule has 2 aromatic rings. The maximum absolute atomic E-state index is 12.3. The van der Waals surface area contributed by atoms with Crippen molar-refractivity contribution in [2.45, 2.75) is 37.3 Å². The van der Waals surface area contributed by atoms with Crippen LogP contribution in [0.4, 0.5) is 0 Å². The highest BCUT2D eigenvalue weighted by molar-refractivity contribution is 7.98. The minimum absolute atomic E-state index is 0.0381. The second kappa shape index (κ2) is 8.74. The summed E-state index contributed by atoms with van der Waals surface area (Å²) in [5.74, 6) is 1.53. The number of hydrogen-bond acceptors (Lipinski definition) is 5. The van der Waals surface area contributed by atoms with Crippen LogP contribution in [0.3, 0.4) is 0 Å². The highest BCUT2D eigenvalue weighted by atomic mass is 32.2. The standard InChI is InChI=1S/C17H23N3O2S/c1-12-15(13(2)22-20-12)11-23-16-8-4-3-7-14(16)17(21)19-10-6-5-9-18/h3-4,7-8H,5-6,9-11,18H2,1-2H3,(H,19,21). The zero-order chi connectivity index (χ0) is 16.7. The summed E-state index contributed by atoms with van der Waals surface area (Å²) in [7, 11) is 0. The van der Waals surface area contributed by atoms with E-state index in [0.29, 0.717) is 18.7 Å². The molecule has 0 atom stereocenters.